The van der Waals surface area contributed by atoms with Gasteiger partial charge >= 0.3 is 5.97 Å². The van der Waals surface area contributed by atoms with Crippen LogP contribution in [0.3, 0.4) is 0 Å². The molecule has 0 aromatic carbocycles. The number of rotatable bonds is 9. The van der Waals surface area contributed by atoms with Crippen molar-refractivity contribution < 1.29 is 17.9 Å². The lowest BCUT2D eigenvalue weighted by molar-refractivity contribution is 0.0602. The Morgan fingerprint density at radius 1 is 1.10 bits per heavy atom. The van der Waals surface area contributed by atoms with Gasteiger partial charge in [0.25, 0.3) is 0 Å². The number of hydrogen-bond acceptors (Lipinski definition) is 10. The van der Waals surface area contributed by atoms with Crippen molar-refractivity contribution in [2.75, 3.05) is 30.8 Å². The van der Waals surface area contributed by atoms with Gasteiger partial charge in [-0.15, -0.1) is 21.5 Å². The summed E-state index contributed by atoms with van der Waals surface area (Å²) in [5.41, 5.74) is 1.07. The zero-order chi connectivity index (χ0) is 21.6. The maximum atomic E-state index is 12.4. The van der Waals surface area contributed by atoms with Gasteiger partial charge in [-0.2, -0.15) is 0 Å². The van der Waals surface area contributed by atoms with Gasteiger partial charge in [0, 0.05) is 19.3 Å². The van der Waals surface area contributed by atoms with E-state index in [9.17, 15) is 13.2 Å². The van der Waals surface area contributed by atoms with E-state index in [1.54, 1.807) is 18.3 Å². The molecular formula is C18H20N6O4S2. The average Bonchev–Trinajstić information content (AvgIpc) is 3.23. The first-order chi connectivity index (χ1) is 14.4. The van der Waals surface area contributed by atoms with Gasteiger partial charge in [-0.05, 0) is 48.2 Å². The summed E-state index contributed by atoms with van der Waals surface area (Å²) in [5, 5.41) is 15.7. The number of sulfonamides is 1. The third-order valence-corrected chi connectivity index (χ3v) is 6.38. The monoisotopic (exact) mass is 448 g/mol. The van der Waals surface area contributed by atoms with E-state index in [0.29, 0.717) is 17.5 Å². The van der Waals surface area contributed by atoms with Gasteiger partial charge in [0.15, 0.2) is 5.82 Å². The highest BCUT2D eigenvalue weighted by atomic mass is 32.2. The van der Waals surface area contributed by atoms with Crippen LogP contribution in [0.25, 0.3) is 0 Å². The predicted octanol–water partition coefficient (Wildman–Crippen LogP) is 2.16. The first-order valence-corrected chi connectivity index (χ1v) is 11.2. The summed E-state index contributed by atoms with van der Waals surface area (Å²) in [6.07, 6.45) is 1.70. The number of pyridine rings is 1. The lowest BCUT2D eigenvalue weighted by Gasteiger charge is -2.09. The molecule has 0 bridgehead atoms. The zero-order valence-electron chi connectivity index (χ0n) is 16.2. The van der Waals surface area contributed by atoms with Crippen molar-refractivity contribution in [2.45, 2.75) is 11.8 Å². The smallest absolute Gasteiger partial charge is 0.349 e. The van der Waals surface area contributed by atoms with Crippen LogP contribution in [0.15, 0.2) is 46.8 Å². The Morgan fingerprint density at radius 2 is 1.87 bits per heavy atom. The number of methoxy groups -OCH3 is 1. The molecule has 0 saturated heterocycles. The Labute approximate surface area is 177 Å². The van der Waals surface area contributed by atoms with E-state index in [4.69, 9.17) is 0 Å². The molecule has 0 amide bonds. The van der Waals surface area contributed by atoms with Crippen molar-refractivity contribution in [3.05, 3.63) is 52.3 Å². The first kappa shape index (κ1) is 21.6. The maximum Gasteiger partial charge on any atom is 0.349 e. The van der Waals surface area contributed by atoms with Crippen molar-refractivity contribution in [3.8, 4) is 0 Å². The molecule has 0 atom stereocenters. The number of hydrogen-bond donors (Lipinski definition) is 3. The third-order valence-electron chi connectivity index (χ3n) is 3.85. The summed E-state index contributed by atoms with van der Waals surface area (Å²) < 4.78 is 31.9. The fourth-order valence-electron chi connectivity index (χ4n) is 2.43. The minimum atomic E-state index is -3.84. The lowest BCUT2D eigenvalue weighted by Crippen LogP contribution is -2.29. The molecule has 0 aliphatic rings. The highest BCUT2D eigenvalue weighted by molar-refractivity contribution is 7.89. The molecule has 3 aromatic rings. The Hall–Kier alpha value is -3.09. The quantitative estimate of drug-likeness (QED) is 0.332. The van der Waals surface area contributed by atoms with E-state index >= 15 is 0 Å². The van der Waals surface area contributed by atoms with Crippen molar-refractivity contribution in [2.24, 2.45) is 0 Å². The number of aromatic nitrogens is 3. The van der Waals surface area contributed by atoms with Crippen LogP contribution in [0.2, 0.25) is 0 Å². The second kappa shape index (κ2) is 9.61. The molecule has 3 N–H and O–H groups in total. The van der Waals surface area contributed by atoms with Crippen LogP contribution >= 0.6 is 11.3 Å². The van der Waals surface area contributed by atoms with Gasteiger partial charge in [-0.25, -0.2) is 22.9 Å². The standard InChI is InChI=1S/C18H20N6O4S2/c1-12-5-7-19-16(11-12)22-15-4-3-14(23-24-15)20-8-9-21-30(26,27)13-6-10-29-17(13)18(25)28-2/h3-7,10-11,21H,8-9H2,1-2H3,(H,20,23)(H,19,22,24). The number of carbonyl (C=O) groups is 1. The molecule has 0 aliphatic heterocycles. The molecule has 3 rings (SSSR count). The van der Waals surface area contributed by atoms with Crippen molar-refractivity contribution in [3.63, 3.8) is 0 Å². The highest BCUT2D eigenvalue weighted by Gasteiger charge is 2.24. The molecule has 3 aromatic heterocycles. The fraction of sp³-hybridized carbons (Fsp3) is 0.222. The van der Waals surface area contributed by atoms with E-state index < -0.39 is 16.0 Å². The zero-order valence-corrected chi connectivity index (χ0v) is 17.9. The Bertz CT molecular complexity index is 1120. The molecule has 30 heavy (non-hydrogen) atoms. The molecule has 3 heterocycles. The minimum Gasteiger partial charge on any atom is -0.465 e. The highest BCUT2D eigenvalue weighted by Crippen LogP contribution is 2.22. The first-order valence-electron chi connectivity index (χ1n) is 8.82. The van der Waals surface area contributed by atoms with E-state index in [1.807, 2.05) is 19.1 Å². The number of aryl methyl sites for hydroxylation is 1. The molecule has 0 spiro atoms. The molecule has 158 valence electrons. The van der Waals surface area contributed by atoms with Gasteiger partial charge in [-0.3, -0.25) is 0 Å². The van der Waals surface area contributed by atoms with Gasteiger partial charge in [0.05, 0.1) is 7.11 Å². The molecule has 12 heteroatoms. The normalized spacial score (nSPS) is 11.1. The molecule has 10 nitrogen and oxygen atoms in total. The topological polar surface area (TPSA) is 135 Å². The molecule has 0 radical (unpaired) electrons. The second-order valence-electron chi connectivity index (χ2n) is 6.08. The van der Waals surface area contributed by atoms with Crippen LogP contribution in [-0.2, 0) is 14.8 Å². The van der Waals surface area contributed by atoms with Gasteiger partial charge < -0.3 is 15.4 Å². The number of carbonyl (C=O) groups excluding carboxylic acids is 1. The van der Waals surface area contributed by atoms with Crippen molar-refractivity contribution >= 4 is 44.8 Å². The summed E-state index contributed by atoms with van der Waals surface area (Å²) in [6.45, 7) is 2.33. The summed E-state index contributed by atoms with van der Waals surface area (Å²) in [6, 6.07) is 8.60. The Kier molecular flexibility index (Phi) is 6.92. The van der Waals surface area contributed by atoms with Crippen LogP contribution < -0.4 is 15.4 Å². The number of thiophene rings is 1. The van der Waals surface area contributed by atoms with Crippen LogP contribution in [0.4, 0.5) is 17.5 Å². The lowest BCUT2D eigenvalue weighted by atomic mass is 10.3. The van der Waals surface area contributed by atoms with Crippen molar-refractivity contribution in [1.82, 2.24) is 19.9 Å². The molecule has 0 unspecified atom stereocenters. The van der Waals surface area contributed by atoms with Gasteiger partial charge in [-0.1, -0.05) is 0 Å². The van der Waals surface area contributed by atoms with Crippen LogP contribution in [-0.4, -0.2) is 49.8 Å². The van der Waals surface area contributed by atoms with E-state index in [0.717, 1.165) is 16.9 Å². The van der Waals surface area contributed by atoms with E-state index in [-0.39, 0.29) is 22.9 Å². The average molecular weight is 449 g/mol. The Morgan fingerprint density at radius 3 is 2.57 bits per heavy atom. The van der Waals surface area contributed by atoms with Crippen LogP contribution in [0.5, 0.6) is 0 Å². The Balaban J connectivity index is 1.51. The fourth-order valence-corrected chi connectivity index (χ4v) is 4.80. The van der Waals surface area contributed by atoms with Gasteiger partial charge in [0.1, 0.15) is 21.4 Å². The summed E-state index contributed by atoms with van der Waals surface area (Å²) in [4.78, 5) is 15.8. The molecule has 0 fully saturated rings. The summed E-state index contributed by atoms with van der Waals surface area (Å²) >= 11 is 1.01. The summed E-state index contributed by atoms with van der Waals surface area (Å²) in [5.74, 6) is 1.00. The maximum absolute atomic E-state index is 12.4. The number of esters is 1. The third kappa shape index (κ3) is 5.49. The van der Waals surface area contributed by atoms with Crippen LogP contribution in [0, 0.1) is 6.92 Å². The van der Waals surface area contributed by atoms with E-state index in [2.05, 4.69) is 35.3 Å². The number of nitrogens with one attached hydrogen (secondary N) is 3. The number of nitrogens with zero attached hydrogens (tertiary/aromatic N) is 3. The molecule has 0 saturated carbocycles. The molecular weight excluding hydrogens is 428 g/mol. The number of anilines is 3. The largest absolute Gasteiger partial charge is 0.465 e. The predicted molar refractivity (Wildman–Crippen MR) is 114 cm³/mol. The van der Waals surface area contributed by atoms with E-state index in [1.165, 1.54) is 18.6 Å². The SMILES string of the molecule is COC(=O)c1sccc1S(=O)(=O)NCCNc1ccc(Nc2cc(C)ccn2)nn1. The second-order valence-corrected chi connectivity index (χ2v) is 8.73. The number of ether oxygens (including phenoxy) is 1. The van der Waals surface area contributed by atoms with Crippen LogP contribution in [0.1, 0.15) is 15.2 Å². The summed E-state index contributed by atoms with van der Waals surface area (Å²) in [7, 11) is -2.63. The minimum absolute atomic E-state index is 0.0371. The molecule has 0 aliphatic carbocycles. The van der Waals surface area contributed by atoms with Gasteiger partial charge in [0.2, 0.25) is 10.0 Å². The van der Waals surface area contributed by atoms with Crippen molar-refractivity contribution in [1.29, 1.82) is 0 Å².